The Kier molecular flexibility index (Phi) is 8.96. The zero-order chi connectivity index (χ0) is 14.9. The van der Waals surface area contributed by atoms with Crippen LogP contribution in [0, 0.1) is 0 Å². The Morgan fingerprint density at radius 3 is 2.47 bits per heavy atom. The van der Waals surface area contributed by atoms with Crippen LogP contribution in [0.4, 0.5) is 0 Å². The van der Waals surface area contributed by atoms with Crippen LogP contribution in [0.15, 0.2) is 12.2 Å². The topological polar surface area (TPSA) is 44.8 Å². The van der Waals surface area contributed by atoms with Crippen LogP contribution < -0.4 is 0 Å². The van der Waals surface area contributed by atoms with E-state index in [0.29, 0.717) is 12.2 Å². The highest BCUT2D eigenvalue weighted by Gasteiger charge is 2.34. The van der Waals surface area contributed by atoms with E-state index >= 15 is 0 Å². The first-order valence-electron chi connectivity index (χ1n) is 6.97. The van der Waals surface area contributed by atoms with Crippen LogP contribution in [-0.4, -0.2) is 34.2 Å². The van der Waals surface area contributed by atoms with E-state index in [4.69, 9.17) is 13.9 Å². The van der Waals surface area contributed by atoms with E-state index in [1.54, 1.807) is 6.92 Å². The molecule has 1 unspecified atom stereocenters. The summed E-state index contributed by atoms with van der Waals surface area (Å²) in [6.45, 7) is 13.4. The molecule has 0 aromatic rings. The SMILES string of the molecule is C=C(C)C(=O)OC(C)(C)C(OCC)O[SiH2]CCCC. The number of hydrogen-bond donors (Lipinski definition) is 0. The molecule has 19 heavy (non-hydrogen) atoms. The maximum Gasteiger partial charge on any atom is 0.333 e. The molecule has 0 aromatic heterocycles. The smallest absolute Gasteiger partial charge is 0.333 e. The van der Waals surface area contributed by atoms with Gasteiger partial charge in [-0.3, -0.25) is 0 Å². The van der Waals surface area contributed by atoms with Crippen molar-refractivity contribution in [1.82, 2.24) is 0 Å². The van der Waals surface area contributed by atoms with Gasteiger partial charge in [0.15, 0.2) is 21.7 Å². The van der Waals surface area contributed by atoms with Crippen LogP contribution in [0.2, 0.25) is 6.04 Å². The Morgan fingerprint density at radius 1 is 1.37 bits per heavy atom. The maximum atomic E-state index is 11.6. The Balaban J connectivity index is 4.46. The van der Waals surface area contributed by atoms with Gasteiger partial charge >= 0.3 is 5.97 Å². The number of ether oxygens (including phenoxy) is 2. The third kappa shape index (κ3) is 7.50. The van der Waals surface area contributed by atoms with Crippen molar-refractivity contribution >= 4 is 15.7 Å². The molecule has 0 bridgehead atoms. The summed E-state index contributed by atoms with van der Waals surface area (Å²) in [6.07, 6.45) is 1.85. The first-order chi connectivity index (χ1) is 8.85. The Morgan fingerprint density at radius 2 is 2.00 bits per heavy atom. The van der Waals surface area contributed by atoms with Crippen molar-refractivity contribution in [3.05, 3.63) is 12.2 Å². The van der Waals surface area contributed by atoms with E-state index in [1.165, 1.54) is 12.8 Å². The van der Waals surface area contributed by atoms with Gasteiger partial charge in [0.05, 0.1) is 0 Å². The monoisotopic (exact) mass is 288 g/mol. The summed E-state index contributed by atoms with van der Waals surface area (Å²) >= 11 is 0. The molecule has 112 valence electrons. The van der Waals surface area contributed by atoms with Gasteiger partial charge in [-0.15, -0.1) is 0 Å². The second-order valence-corrected chi connectivity index (χ2v) is 6.59. The minimum atomic E-state index is -0.800. The molecule has 0 aromatic carbocycles. The standard InChI is InChI=1S/C14H28O4Si/c1-7-9-10-19-18-13(16-8-2)14(5,6)17-12(15)11(3)4/h13H,3,7-10,19H2,1-2,4-6H3. The first-order valence-corrected chi connectivity index (χ1v) is 8.54. The third-order valence-corrected chi connectivity index (χ3v) is 3.93. The summed E-state index contributed by atoms with van der Waals surface area (Å²) in [4.78, 5) is 11.6. The lowest BCUT2D eigenvalue weighted by molar-refractivity contribution is -0.205. The molecule has 0 aliphatic heterocycles. The van der Waals surface area contributed by atoms with Crippen molar-refractivity contribution in [3.63, 3.8) is 0 Å². The summed E-state index contributed by atoms with van der Waals surface area (Å²) < 4.78 is 16.8. The summed E-state index contributed by atoms with van der Waals surface area (Å²) in [5.41, 5.74) is -0.419. The predicted octanol–water partition coefficient (Wildman–Crippen LogP) is 2.57. The minimum absolute atomic E-state index is 0.381. The van der Waals surface area contributed by atoms with Crippen molar-refractivity contribution in [2.75, 3.05) is 6.61 Å². The van der Waals surface area contributed by atoms with Crippen molar-refractivity contribution < 1.29 is 18.7 Å². The van der Waals surface area contributed by atoms with Gasteiger partial charge < -0.3 is 13.9 Å². The van der Waals surface area contributed by atoms with Crippen LogP contribution in [0.5, 0.6) is 0 Å². The molecule has 0 spiro atoms. The van der Waals surface area contributed by atoms with Crippen LogP contribution in [-0.2, 0) is 18.7 Å². The van der Waals surface area contributed by atoms with Gasteiger partial charge in [0.1, 0.15) is 0 Å². The van der Waals surface area contributed by atoms with Gasteiger partial charge in [0.2, 0.25) is 0 Å². The summed E-state index contributed by atoms with van der Waals surface area (Å²) in [5.74, 6) is -0.409. The second kappa shape index (κ2) is 9.28. The molecule has 0 saturated heterocycles. The fourth-order valence-electron chi connectivity index (χ4n) is 1.52. The molecule has 4 nitrogen and oxygen atoms in total. The van der Waals surface area contributed by atoms with Gasteiger partial charge in [-0.2, -0.15) is 0 Å². The zero-order valence-electron chi connectivity index (χ0n) is 13.0. The van der Waals surface area contributed by atoms with Crippen LogP contribution in [0.1, 0.15) is 47.5 Å². The lowest BCUT2D eigenvalue weighted by atomic mass is 10.1. The minimum Gasteiger partial charge on any atom is -0.451 e. The average Bonchev–Trinajstić information content (AvgIpc) is 2.32. The predicted molar refractivity (Wildman–Crippen MR) is 79.7 cm³/mol. The zero-order valence-corrected chi connectivity index (χ0v) is 14.4. The molecule has 0 saturated carbocycles. The summed E-state index contributed by atoms with van der Waals surface area (Å²) in [5, 5.41) is 0. The number of carbonyl (C=O) groups is 1. The normalized spacial score (nSPS) is 13.7. The number of carbonyl (C=O) groups excluding carboxylic acids is 1. The molecule has 0 aliphatic rings. The van der Waals surface area contributed by atoms with Crippen molar-refractivity contribution in [3.8, 4) is 0 Å². The van der Waals surface area contributed by atoms with Gasteiger partial charge in [-0.1, -0.05) is 26.3 Å². The average molecular weight is 288 g/mol. The van der Waals surface area contributed by atoms with Crippen molar-refractivity contribution in [2.45, 2.75) is 65.4 Å². The lowest BCUT2D eigenvalue weighted by Crippen LogP contribution is -2.45. The summed E-state index contributed by atoms with van der Waals surface area (Å²) in [6, 6.07) is 1.12. The van der Waals surface area contributed by atoms with E-state index in [0.717, 1.165) is 6.04 Å². The molecule has 0 aliphatic carbocycles. The molecule has 0 fully saturated rings. The van der Waals surface area contributed by atoms with Gasteiger partial charge in [0.25, 0.3) is 0 Å². The van der Waals surface area contributed by atoms with Crippen LogP contribution in [0.25, 0.3) is 0 Å². The highest BCUT2D eigenvalue weighted by molar-refractivity contribution is 6.27. The highest BCUT2D eigenvalue weighted by Crippen LogP contribution is 2.21. The molecule has 1 atom stereocenters. The van der Waals surface area contributed by atoms with Gasteiger partial charge in [-0.05, 0) is 33.7 Å². The van der Waals surface area contributed by atoms with Crippen LogP contribution in [0.3, 0.4) is 0 Å². The Bertz CT molecular complexity index is 289. The maximum absolute atomic E-state index is 11.6. The van der Waals surface area contributed by atoms with Gasteiger partial charge in [-0.25, -0.2) is 4.79 Å². The number of rotatable bonds is 10. The van der Waals surface area contributed by atoms with Crippen LogP contribution >= 0.6 is 0 Å². The van der Waals surface area contributed by atoms with Crippen molar-refractivity contribution in [1.29, 1.82) is 0 Å². The molecular formula is C14H28O4Si. The lowest BCUT2D eigenvalue weighted by Gasteiger charge is -2.33. The Labute approximate surface area is 119 Å². The first kappa shape index (κ1) is 18.3. The molecule has 5 heteroatoms. The largest absolute Gasteiger partial charge is 0.451 e. The van der Waals surface area contributed by atoms with E-state index < -0.39 is 27.6 Å². The third-order valence-electron chi connectivity index (χ3n) is 2.61. The molecule has 0 radical (unpaired) electrons. The Hall–Kier alpha value is -0.653. The molecule has 0 heterocycles. The second-order valence-electron chi connectivity index (χ2n) is 5.14. The van der Waals surface area contributed by atoms with E-state index in [2.05, 4.69) is 13.5 Å². The number of hydrogen-bond acceptors (Lipinski definition) is 4. The quantitative estimate of drug-likeness (QED) is 0.204. The van der Waals surface area contributed by atoms with E-state index in [9.17, 15) is 4.79 Å². The molecule has 0 rings (SSSR count). The van der Waals surface area contributed by atoms with E-state index in [-0.39, 0.29) is 0 Å². The highest BCUT2D eigenvalue weighted by atomic mass is 28.2. The molecular weight excluding hydrogens is 260 g/mol. The molecule has 0 N–H and O–H groups in total. The van der Waals surface area contributed by atoms with E-state index in [1.807, 2.05) is 20.8 Å². The van der Waals surface area contributed by atoms with Crippen molar-refractivity contribution in [2.24, 2.45) is 0 Å². The summed E-state index contributed by atoms with van der Waals surface area (Å²) in [7, 11) is -0.639. The molecule has 0 amide bonds. The number of esters is 1. The van der Waals surface area contributed by atoms with Gasteiger partial charge in [0, 0.05) is 12.2 Å². The number of unbranched alkanes of at least 4 members (excludes halogenated alkanes) is 1. The fourth-order valence-corrected chi connectivity index (χ4v) is 3.10. The fraction of sp³-hybridized carbons (Fsp3) is 0.786.